The molecule has 0 fully saturated rings. The van der Waals surface area contributed by atoms with Crippen molar-refractivity contribution in [1.82, 2.24) is 0 Å². The van der Waals surface area contributed by atoms with E-state index in [0.29, 0.717) is 11.4 Å². The van der Waals surface area contributed by atoms with Crippen LogP contribution in [0, 0.1) is 6.92 Å². The van der Waals surface area contributed by atoms with E-state index in [9.17, 15) is 9.59 Å². The van der Waals surface area contributed by atoms with Gasteiger partial charge in [0.2, 0.25) is 5.91 Å². The van der Waals surface area contributed by atoms with Gasteiger partial charge in [-0.15, -0.1) is 0 Å². The third-order valence-corrected chi connectivity index (χ3v) is 3.64. The summed E-state index contributed by atoms with van der Waals surface area (Å²) < 4.78 is 9.97. The van der Waals surface area contributed by atoms with Crippen molar-refractivity contribution in [1.29, 1.82) is 0 Å². The molecule has 0 spiro atoms. The van der Waals surface area contributed by atoms with E-state index in [4.69, 9.17) is 10.5 Å². The summed E-state index contributed by atoms with van der Waals surface area (Å²) in [6.07, 6.45) is 0.181. The third-order valence-electron chi connectivity index (χ3n) is 3.64. The Balaban J connectivity index is 1.88. The number of anilines is 1. The summed E-state index contributed by atoms with van der Waals surface area (Å²) in [5.74, 6) is -0.0121. The fraction of sp³-hybridized carbons (Fsp3) is 0.263. The zero-order valence-corrected chi connectivity index (χ0v) is 14.3. The van der Waals surface area contributed by atoms with E-state index in [2.05, 4.69) is 10.1 Å². The molecule has 0 aromatic heterocycles. The van der Waals surface area contributed by atoms with E-state index >= 15 is 0 Å². The molecule has 0 aliphatic heterocycles. The van der Waals surface area contributed by atoms with E-state index in [1.165, 1.54) is 7.11 Å². The van der Waals surface area contributed by atoms with Crippen LogP contribution in [0.25, 0.3) is 0 Å². The van der Waals surface area contributed by atoms with Gasteiger partial charge >= 0.3 is 5.97 Å². The summed E-state index contributed by atoms with van der Waals surface area (Å²) in [6.45, 7) is 2.21. The van der Waals surface area contributed by atoms with Crippen LogP contribution in [0.5, 0.6) is 5.75 Å². The van der Waals surface area contributed by atoms with Crippen LogP contribution in [0.1, 0.15) is 23.6 Å². The Hall–Kier alpha value is -2.86. The first-order valence-electron chi connectivity index (χ1n) is 7.92. The van der Waals surface area contributed by atoms with Gasteiger partial charge < -0.3 is 20.5 Å². The van der Waals surface area contributed by atoms with Gasteiger partial charge in [-0.3, -0.25) is 9.59 Å². The zero-order chi connectivity index (χ0) is 18.2. The second kappa shape index (κ2) is 8.84. The van der Waals surface area contributed by atoms with E-state index in [1.807, 2.05) is 31.2 Å². The number of hydrogen-bond donors (Lipinski definition) is 2. The highest BCUT2D eigenvalue weighted by atomic mass is 16.5. The molecule has 25 heavy (non-hydrogen) atoms. The molecule has 6 nitrogen and oxygen atoms in total. The normalized spacial score (nSPS) is 11.5. The molecule has 6 heteroatoms. The predicted molar refractivity (Wildman–Crippen MR) is 95.3 cm³/mol. The zero-order valence-electron chi connectivity index (χ0n) is 14.3. The maximum Gasteiger partial charge on any atom is 0.308 e. The van der Waals surface area contributed by atoms with Crippen molar-refractivity contribution in [3.63, 3.8) is 0 Å². The number of rotatable bonds is 7. The first-order chi connectivity index (χ1) is 12.0. The molecule has 3 N–H and O–H groups in total. The monoisotopic (exact) mass is 342 g/mol. The Morgan fingerprint density at radius 1 is 1.08 bits per heavy atom. The number of esters is 1. The van der Waals surface area contributed by atoms with Gasteiger partial charge in [0.05, 0.1) is 20.1 Å². The summed E-state index contributed by atoms with van der Waals surface area (Å²) in [6, 6.07) is 13.6. The molecule has 1 atom stereocenters. The summed E-state index contributed by atoms with van der Waals surface area (Å²) in [5.41, 5.74) is 8.48. The minimum absolute atomic E-state index is 0.181. The number of carbonyl (C=O) groups excluding carboxylic acids is 2. The number of nitrogens with one attached hydrogen (secondary N) is 1. The molecular formula is C19H22N2O4. The minimum atomic E-state index is -0.739. The van der Waals surface area contributed by atoms with Gasteiger partial charge in [0.15, 0.2) is 0 Å². The van der Waals surface area contributed by atoms with Crippen LogP contribution in [-0.4, -0.2) is 25.6 Å². The summed E-state index contributed by atoms with van der Waals surface area (Å²) in [7, 11) is 1.33. The molecule has 0 heterocycles. The predicted octanol–water partition coefficient (Wildman–Crippen LogP) is 2.58. The quantitative estimate of drug-likeness (QED) is 0.755. The van der Waals surface area contributed by atoms with Crippen molar-refractivity contribution in [3.05, 3.63) is 59.7 Å². The Kier molecular flexibility index (Phi) is 6.54. The van der Waals surface area contributed by atoms with Crippen LogP contribution in [0.3, 0.4) is 0 Å². The van der Waals surface area contributed by atoms with Crippen molar-refractivity contribution in [2.24, 2.45) is 5.73 Å². The summed E-state index contributed by atoms with van der Waals surface area (Å²) >= 11 is 0. The van der Waals surface area contributed by atoms with Crippen LogP contribution >= 0.6 is 0 Å². The molecule has 0 saturated carbocycles. The lowest BCUT2D eigenvalue weighted by Crippen LogP contribution is -2.27. The van der Waals surface area contributed by atoms with Gasteiger partial charge in [0.1, 0.15) is 11.8 Å². The van der Waals surface area contributed by atoms with E-state index in [-0.39, 0.29) is 24.9 Å². The largest absolute Gasteiger partial charge is 0.493 e. The molecule has 2 aromatic carbocycles. The number of methoxy groups -OCH3 is 1. The standard InChI is InChI=1S/C19H22N2O4/c1-13-3-5-14(6-4-13)18(20)19(23)21-15-7-9-16(10-8-15)25-12-11-17(22)24-2/h3-10,18H,11-12,20H2,1-2H3,(H,21,23). The van der Waals surface area contributed by atoms with Crippen molar-refractivity contribution in [3.8, 4) is 5.75 Å². The SMILES string of the molecule is COC(=O)CCOc1ccc(NC(=O)C(N)c2ccc(C)cc2)cc1. The van der Waals surface area contributed by atoms with Gasteiger partial charge in [-0.25, -0.2) is 0 Å². The Labute approximate surface area is 146 Å². The number of nitrogens with two attached hydrogens (primary N) is 1. The summed E-state index contributed by atoms with van der Waals surface area (Å²) in [4.78, 5) is 23.3. The highest BCUT2D eigenvalue weighted by Gasteiger charge is 2.15. The van der Waals surface area contributed by atoms with Crippen LogP contribution in [0.2, 0.25) is 0 Å². The van der Waals surface area contributed by atoms with Gasteiger partial charge in [-0.1, -0.05) is 29.8 Å². The van der Waals surface area contributed by atoms with Crippen molar-refractivity contribution < 1.29 is 19.1 Å². The third kappa shape index (κ3) is 5.61. The van der Waals surface area contributed by atoms with Crippen molar-refractivity contribution in [2.45, 2.75) is 19.4 Å². The maximum absolute atomic E-state index is 12.2. The Morgan fingerprint density at radius 3 is 2.32 bits per heavy atom. The van der Waals surface area contributed by atoms with Crippen LogP contribution in [0.15, 0.2) is 48.5 Å². The lowest BCUT2D eigenvalue weighted by atomic mass is 10.1. The van der Waals surface area contributed by atoms with Gasteiger partial charge in [-0.2, -0.15) is 0 Å². The fourth-order valence-corrected chi connectivity index (χ4v) is 2.13. The molecule has 1 amide bonds. The Bertz CT molecular complexity index is 711. The van der Waals surface area contributed by atoms with E-state index < -0.39 is 6.04 Å². The highest BCUT2D eigenvalue weighted by molar-refractivity contribution is 5.95. The van der Waals surface area contributed by atoms with Crippen LogP contribution in [-0.2, 0) is 14.3 Å². The van der Waals surface area contributed by atoms with Gasteiger partial charge in [0, 0.05) is 5.69 Å². The molecule has 2 rings (SSSR count). The van der Waals surface area contributed by atoms with Crippen molar-refractivity contribution >= 4 is 17.6 Å². The number of carbonyl (C=O) groups is 2. The lowest BCUT2D eigenvalue weighted by molar-refractivity contribution is -0.141. The molecule has 2 aromatic rings. The average Bonchev–Trinajstić information content (AvgIpc) is 2.63. The van der Waals surface area contributed by atoms with Crippen LogP contribution in [0.4, 0.5) is 5.69 Å². The lowest BCUT2D eigenvalue weighted by Gasteiger charge is -2.13. The van der Waals surface area contributed by atoms with Crippen LogP contribution < -0.4 is 15.8 Å². The molecular weight excluding hydrogens is 320 g/mol. The van der Waals surface area contributed by atoms with Gasteiger partial charge in [0.25, 0.3) is 0 Å². The average molecular weight is 342 g/mol. The van der Waals surface area contributed by atoms with E-state index in [1.54, 1.807) is 24.3 Å². The van der Waals surface area contributed by atoms with Crippen molar-refractivity contribution in [2.75, 3.05) is 19.0 Å². The van der Waals surface area contributed by atoms with E-state index in [0.717, 1.165) is 11.1 Å². The molecule has 132 valence electrons. The number of benzene rings is 2. The number of ether oxygens (including phenoxy) is 2. The van der Waals surface area contributed by atoms with Gasteiger partial charge in [-0.05, 0) is 36.8 Å². The molecule has 0 saturated heterocycles. The molecule has 0 aliphatic carbocycles. The topological polar surface area (TPSA) is 90.6 Å². The highest BCUT2D eigenvalue weighted by Crippen LogP contribution is 2.18. The maximum atomic E-state index is 12.2. The first kappa shape index (κ1) is 18.5. The minimum Gasteiger partial charge on any atom is -0.493 e. The second-order valence-corrected chi connectivity index (χ2v) is 5.58. The number of amides is 1. The Morgan fingerprint density at radius 2 is 1.72 bits per heavy atom. The first-order valence-corrected chi connectivity index (χ1v) is 7.92. The smallest absolute Gasteiger partial charge is 0.308 e. The fourth-order valence-electron chi connectivity index (χ4n) is 2.13. The molecule has 0 radical (unpaired) electrons. The number of hydrogen-bond acceptors (Lipinski definition) is 5. The molecule has 1 unspecified atom stereocenters. The second-order valence-electron chi connectivity index (χ2n) is 5.58. The molecule has 0 bridgehead atoms. The summed E-state index contributed by atoms with van der Waals surface area (Å²) in [5, 5.41) is 2.77. The molecule has 0 aliphatic rings. The number of aryl methyl sites for hydroxylation is 1.